The lowest BCUT2D eigenvalue weighted by Crippen LogP contribution is -2.23. The third-order valence-corrected chi connectivity index (χ3v) is 5.83. The molecule has 35 heavy (non-hydrogen) atoms. The first-order valence-corrected chi connectivity index (χ1v) is 10.8. The first-order valence-electron chi connectivity index (χ1n) is 10.4. The topological polar surface area (TPSA) is 9.23 Å². The van der Waals surface area contributed by atoms with Crippen molar-refractivity contribution in [1.82, 2.24) is 0 Å². The van der Waals surface area contributed by atoms with Gasteiger partial charge in [-0.05, 0) is 35.1 Å². The van der Waals surface area contributed by atoms with Crippen molar-refractivity contribution in [2.75, 3.05) is 0 Å². The molecule has 0 fully saturated rings. The Morgan fingerprint density at radius 1 is 0.800 bits per heavy atom. The Hall–Kier alpha value is -3.26. The van der Waals surface area contributed by atoms with Gasteiger partial charge in [-0.15, -0.1) is 0 Å². The number of aryl methyl sites for hydroxylation is 1. The van der Waals surface area contributed by atoms with E-state index in [4.69, 9.17) is 11.6 Å². The van der Waals surface area contributed by atoms with Crippen LogP contribution in [0.2, 0.25) is 5.02 Å². The summed E-state index contributed by atoms with van der Waals surface area (Å²) in [5, 5.41) is -0.0937. The van der Waals surface area contributed by atoms with E-state index >= 15 is 4.39 Å². The van der Waals surface area contributed by atoms with Gasteiger partial charge in [-0.25, -0.2) is 22.0 Å². The van der Waals surface area contributed by atoms with E-state index in [2.05, 4.69) is 4.74 Å². The summed E-state index contributed by atoms with van der Waals surface area (Å²) in [4.78, 5) is 0. The van der Waals surface area contributed by atoms with Crippen molar-refractivity contribution in [3.8, 4) is 16.9 Å². The van der Waals surface area contributed by atoms with E-state index in [9.17, 15) is 26.3 Å². The zero-order valence-electron chi connectivity index (χ0n) is 18.0. The van der Waals surface area contributed by atoms with Gasteiger partial charge in [0.25, 0.3) is 0 Å². The number of ether oxygens (including phenoxy) is 1. The molecule has 0 heterocycles. The van der Waals surface area contributed by atoms with Crippen LogP contribution in [0.15, 0.2) is 54.6 Å². The van der Waals surface area contributed by atoms with Crippen molar-refractivity contribution in [1.29, 1.82) is 0 Å². The molecule has 0 atom stereocenters. The maximum Gasteiger partial charge on any atom is 0.429 e. The number of halogens is 8. The molecule has 4 rings (SSSR count). The van der Waals surface area contributed by atoms with Gasteiger partial charge >= 0.3 is 6.11 Å². The summed E-state index contributed by atoms with van der Waals surface area (Å²) >= 11 is 6.20. The smallest absolute Gasteiger partial charge is 0.429 e. The van der Waals surface area contributed by atoms with Crippen molar-refractivity contribution < 1.29 is 35.5 Å². The van der Waals surface area contributed by atoms with Crippen LogP contribution in [0.25, 0.3) is 21.9 Å². The Labute approximate surface area is 200 Å². The van der Waals surface area contributed by atoms with E-state index in [0.29, 0.717) is 23.1 Å². The van der Waals surface area contributed by atoms with Gasteiger partial charge in [-0.1, -0.05) is 55.3 Å². The zero-order valence-corrected chi connectivity index (χ0v) is 18.8. The van der Waals surface area contributed by atoms with Crippen LogP contribution in [0, 0.1) is 29.1 Å². The second-order valence-electron chi connectivity index (χ2n) is 7.83. The number of fused-ring (bicyclic) bond motifs is 1. The number of rotatable bonds is 6. The third kappa shape index (κ3) is 4.67. The average molecular weight is 513 g/mol. The van der Waals surface area contributed by atoms with Crippen LogP contribution in [0.1, 0.15) is 24.5 Å². The van der Waals surface area contributed by atoms with Gasteiger partial charge in [0.05, 0.1) is 5.02 Å². The molecular formula is C26H16ClF7O. The predicted molar refractivity (Wildman–Crippen MR) is 119 cm³/mol. The van der Waals surface area contributed by atoms with E-state index in [0.717, 1.165) is 12.5 Å². The Morgan fingerprint density at radius 3 is 2.14 bits per heavy atom. The van der Waals surface area contributed by atoms with Crippen molar-refractivity contribution in [3.05, 3.63) is 99.8 Å². The van der Waals surface area contributed by atoms with Gasteiger partial charge < -0.3 is 4.74 Å². The highest BCUT2D eigenvalue weighted by molar-refractivity contribution is 6.33. The van der Waals surface area contributed by atoms with Gasteiger partial charge in [0, 0.05) is 23.1 Å². The summed E-state index contributed by atoms with van der Waals surface area (Å²) in [5.41, 5.74) is 0.0538. The largest absolute Gasteiger partial charge is 0.429 e. The van der Waals surface area contributed by atoms with Crippen LogP contribution in [0.5, 0.6) is 5.75 Å². The Kier molecular flexibility index (Phi) is 6.68. The zero-order chi connectivity index (χ0) is 25.5. The molecule has 0 aliphatic rings. The fourth-order valence-corrected chi connectivity index (χ4v) is 4.05. The first kappa shape index (κ1) is 24.9. The van der Waals surface area contributed by atoms with Crippen LogP contribution in [0.3, 0.4) is 0 Å². The highest BCUT2D eigenvalue weighted by atomic mass is 35.5. The van der Waals surface area contributed by atoms with Crippen LogP contribution in [-0.2, 0) is 12.5 Å². The first-order chi connectivity index (χ1) is 16.5. The van der Waals surface area contributed by atoms with Crippen molar-refractivity contribution in [2.45, 2.75) is 25.9 Å². The molecule has 0 aliphatic heterocycles. The van der Waals surface area contributed by atoms with E-state index < -0.39 is 46.5 Å². The second-order valence-corrected chi connectivity index (χ2v) is 8.21. The average Bonchev–Trinajstić information content (AvgIpc) is 2.80. The summed E-state index contributed by atoms with van der Waals surface area (Å²) in [6.07, 6.45) is -3.11. The maximum absolute atomic E-state index is 15.1. The highest BCUT2D eigenvalue weighted by Gasteiger charge is 2.38. The van der Waals surface area contributed by atoms with Crippen LogP contribution < -0.4 is 4.74 Å². The summed E-state index contributed by atoms with van der Waals surface area (Å²) < 4.78 is 103. The monoisotopic (exact) mass is 512 g/mol. The van der Waals surface area contributed by atoms with Gasteiger partial charge in [0.15, 0.2) is 17.5 Å². The van der Waals surface area contributed by atoms with Crippen molar-refractivity contribution in [3.63, 3.8) is 0 Å². The van der Waals surface area contributed by atoms with Gasteiger partial charge in [0.2, 0.25) is 0 Å². The number of hydrogen-bond acceptors (Lipinski definition) is 1. The normalized spacial score (nSPS) is 11.8. The molecule has 0 amide bonds. The Balaban J connectivity index is 1.71. The molecular weight excluding hydrogens is 497 g/mol. The van der Waals surface area contributed by atoms with Crippen LogP contribution >= 0.6 is 11.6 Å². The summed E-state index contributed by atoms with van der Waals surface area (Å²) in [5.74, 6) is -8.24. The molecule has 0 N–H and O–H groups in total. The Bertz CT molecular complexity index is 1410. The fraction of sp³-hybridized carbons (Fsp3) is 0.154. The number of hydrogen-bond donors (Lipinski definition) is 0. The highest BCUT2D eigenvalue weighted by Crippen LogP contribution is 2.38. The van der Waals surface area contributed by atoms with E-state index in [1.54, 1.807) is 12.1 Å². The molecule has 182 valence electrons. The molecule has 0 aromatic heterocycles. The summed E-state index contributed by atoms with van der Waals surface area (Å²) in [7, 11) is 0. The number of benzene rings is 4. The maximum atomic E-state index is 15.1. The molecule has 0 saturated heterocycles. The summed E-state index contributed by atoms with van der Waals surface area (Å²) in [6, 6.07) is 9.73. The molecule has 4 aromatic rings. The molecule has 4 aromatic carbocycles. The van der Waals surface area contributed by atoms with E-state index in [1.807, 2.05) is 6.92 Å². The van der Waals surface area contributed by atoms with Crippen LogP contribution in [0.4, 0.5) is 30.7 Å². The van der Waals surface area contributed by atoms with Gasteiger partial charge in [0.1, 0.15) is 22.9 Å². The predicted octanol–water partition coefficient (Wildman–Crippen LogP) is 8.94. The second kappa shape index (κ2) is 9.41. The van der Waals surface area contributed by atoms with E-state index in [-0.39, 0.29) is 27.9 Å². The van der Waals surface area contributed by atoms with Crippen molar-refractivity contribution >= 4 is 22.4 Å². The minimum absolute atomic E-state index is 0.105. The molecule has 1 nitrogen and oxygen atoms in total. The van der Waals surface area contributed by atoms with E-state index in [1.165, 1.54) is 24.3 Å². The minimum atomic E-state index is -4.34. The lowest BCUT2D eigenvalue weighted by atomic mass is 9.97. The van der Waals surface area contributed by atoms with Crippen molar-refractivity contribution in [2.24, 2.45) is 0 Å². The Morgan fingerprint density at radius 2 is 1.49 bits per heavy atom. The molecule has 0 bridgehead atoms. The fourth-order valence-electron chi connectivity index (χ4n) is 3.75. The molecule has 0 spiro atoms. The summed E-state index contributed by atoms with van der Waals surface area (Å²) in [6.45, 7) is 1.90. The van der Waals surface area contributed by atoms with Gasteiger partial charge in [-0.3, -0.25) is 0 Å². The van der Waals surface area contributed by atoms with Crippen LogP contribution in [-0.4, -0.2) is 0 Å². The SMILES string of the molecule is CCCc1ccc(-c2ccc3c(F)c(C(F)(F)Oc4cc(F)c(F)c(F)c4)ccc3c2)c(Cl)c1F. The quantitative estimate of drug-likeness (QED) is 0.185. The lowest BCUT2D eigenvalue weighted by molar-refractivity contribution is -0.187. The molecule has 9 heteroatoms. The third-order valence-electron chi connectivity index (χ3n) is 5.46. The molecule has 0 aliphatic carbocycles. The number of alkyl halides is 2. The molecule has 0 unspecified atom stereocenters. The standard InChI is InChI=1S/C26H16ClF7O/c1-2-3-13-4-7-17(22(27)23(13)30)14-5-8-18-15(10-14)6-9-19(24(18)31)26(33,34)35-16-11-20(28)25(32)21(29)12-16/h4-12H,2-3H2,1H3. The lowest BCUT2D eigenvalue weighted by Gasteiger charge is -2.20. The molecule has 0 saturated carbocycles. The molecule has 0 radical (unpaired) electrons. The minimum Gasteiger partial charge on any atom is -0.429 e. The van der Waals surface area contributed by atoms with Gasteiger partial charge in [-0.2, -0.15) is 8.78 Å².